The number of hydrogen-bond donors (Lipinski definition) is 1. The molecular weight excluding hydrogens is 288 g/mol. The zero-order valence-corrected chi connectivity index (χ0v) is 12.5. The predicted molar refractivity (Wildman–Crippen MR) is 80.7 cm³/mol. The second kappa shape index (κ2) is 6.09. The van der Waals surface area contributed by atoms with Crippen molar-refractivity contribution in [2.45, 2.75) is 19.4 Å². The lowest BCUT2D eigenvalue weighted by Crippen LogP contribution is -2.34. The molecule has 1 atom stereocenters. The molecule has 2 aromatic heterocycles. The van der Waals surface area contributed by atoms with E-state index >= 15 is 0 Å². The quantitative estimate of drug-likeness (QED) is 0.946. The van der Waals surface area contributed by atoms with Gasteiger partial charge in [-0.2, -0.15) is 5.10 Å². The van der Waals surface area contributed by atoms with Crippen molar-refractivity contribution in [3.8, 4) is 5.88 Å². The predicted octanol–water partition coefficient (Wildman–Crippen LogP) is 2.53. The summed E-state index contributed by atoms with van der Waals surface area (Å²) in [6.07, 6.45) is 0.768. The van der Waals surface area contributed by atoms with E-state index < -0.39 is 0 Å². The molecule has 1 saturated heterocycles. The fraction of sp³-hybridized carbons (Fsp3) is 0.357. The van der Waals surface area contributed by atoms with Crippen LogP contribution in [0.5, 0.6) is 5.88 Å². The van der Waals surface area contributed by atoms with Crippen LogP contribution in [0.2, 0.25) is 0 Å². The molecule has 1 unspecified atom stereocenters. The Kier molecular flexibility index (Phi) is 4.01. The zero-order valence-electron chi connectivity index (χ0n) is 11.7. The molecule has 6 nitrogen and oxygen atoms in total. The molecular formula is C14H16N4O2S. The summed E-state index contributed by atoms with van der Waals surface area (Å²) in [6.45, 7) is 3.12. The van der Waals surface area contributed by atoms with E-state index in [-0.39, 0.29) is 12.1 Å². The standard InChI is InChI=1S/C14H16N4O2S/c1-10-4-5-12(17-16-10)20-11-6-7-18(9-11)14(19)15-13-3-2-8-21-13/h2-5,8,11H,6-7,9H2,1H3,(H,15,19). The van der Waals surface area contributed by atoms with Gasteiger partial charge in [0, 0.05) is 19.0 Å². The van der Waals surface area contributed by atoms with Crippen LogP contribution >= 0.6 is 11.3 Å². The van der Waals surface area contributed by atoms with Gasteiger partial charge >= 0.3 is 6.03 Å². The summed E-state index contributed by atoms with van der Waals surface area (Å²) in [5.74, 6) is 0.506. The number of rotatable bonds is 3. The Morgan fingerprint density at radius 1 is 1.43 bits per heavy atom. The van der Waals surface area contributed by atoms with Crippen LogP contribution in [0.3, 0.4) is 0 Å². The van der Waals surface area contributed by atoms with Crippen molar-refractivity contribution in [1.29, 1.82) is 0 Å². The van der Waals surface area contributed by atoms with Crippen LogP contribution in [0.4, 0.5) is 9.80 Å². The highest BCUT2D eigenvalue weighted by molar-refractivity contribution is 7.14. The minimum Gasteiger partial charge on any atom is -0.471 e. The minimum atomic E-state index is -0.0847. The van der Waals surface area contributed by atoms with Crippen molar-refractivity contribution in [3.63, 3.8) is 0 Å². The van der Waals surface area contributed by atoms with E-state index in [1.54, 1.807) is 11.0 Å². The fourth-order valence-electron chi connectivity index (χ4n) is 2.16. The number of amides is 2. The molecule has 1 aliphatic heterocycles. The Hall–Kier alpha value is -2.15. The van der Waals surface area contributed by atoms with E-state index in [0.29, 0.717) is 19.0 Å². The molecule has 1 N–H and O–H groups in total. The van der Waals surface area contributed by atoms with E-state index in [9.17, 15) is 4.79 Å². The smallest absolute Gasteiger partial charge is 0.322 e. The van der Waals surface area contributed by atoms with E-state index in [1.165, 1.54) is 11.3 Å². The van der Waals surface area contributed by atoms with Crippen molar-refractivity contribution < 1.29 is 9.53 Å². The highest BCUT2D eigenvalue weighted by Gasteiger charge is 2.28. The van der Waals surface area contributed by atoms with Gasteiger partial charge in [0.15, 0.2) is 0 Å². The molecule has 0 aliphatic carbocycles. The van der Waals surface area contributed by atoms with Gasteiger partial charge in [-0.15, -0.1) is 16.4 Å². The number of aromatic nitrogens is 2. The summed E-state index contributed by atoms with van der Waals surface area (Å²) in [5.41, 5.74) is 0.853. The van der Waals surface area contributed by atoms with Gasteiger partial charge < -0.3 is 9.64 Å². The van der Waals surface area contributed by atoms with Gasteiger partial charge in [-0.3, -0.25) is 5.32 Å². The van der Waals surface area contributed by atoms with Crippen LogP contribution in [0.1, 0.15) is 12.1 Å². The Morgan fingerprint density at radius 3 is 3.05 bits per heavy atom. The van der Waals surface area contributed by atoms with Gasteiger partial charge in [-0.25, -0.2) is 4.79 Å². The Labute approximate surface area is 126 Å². The van der Waals surface area contributed by atoms with Crippen LogP contribution in [0.15, 0.2) is 29.6 Å². The molecule has 7 heteroatoms. The second-order valence-electron chi connectivity index (χ2n) is 4.89. The summed E-state index contributed by atoms with van der Waals surface area (Å²) < 4.78 is 5.75. The lowest BCUT2D eigenvalue weighted by Gasteiger charge is -2.17. The molecule has 0 saturated carbocycles. The van der Waals surface area contributed by atoms with Crippen molar-refractivity contribution in [2.75, 3.05) is 18.4 Å². The van der Waals surface area contributed by atoms with Crippen molar-refractivity contribution in [2.24, 2.45) is 0 Å². The Bertz CT molecular complexity index is 600. The number of hydrogen-bond acceptors (Lipinski definition) is 5. The van der Waals surface area contributed by atoms with E-state index in [4.69, 9.17) is 4.74 Å². The lowest BCUT2D eigenvalue weighted by molar-refractivity contribution is 0.188. The lowest BCUT2D eigenvalue weighted by atomic mass is 10.3. The number of nitrogens with one attached hydrogen (secondary N) is 1. The second-order valence-corrected chi connectivity index (χ2v) is 5.84. The summed E-state index contributed by atoms with van der Waals surface area (Å²) in [7, 11) is 0. The number of aryl methyl sites for hydroxylation is 1. The molecule has 3 rings (SSSR count). The molecule has 0 bridgehead atoms. The van der Waals surface area contributed by atoms with E-state index in [0.717, 1.165) is 17.1 Å². The van der Waals surface area contributed by atoms with Crippen molar-refractivity contribution in [1.82, 2.24) is 15.1 Å². The summed E-state index contributed by atoms with van der Waals surface area (Å²) >= 11 is 1.51. The number of ether oxygens (including phenoxy) is 1. The maximum absolute atomic E-state index is 12.1. The molecule has 0 aromatic carbocycles. The van der Waals surface area contributed by atoms with Crippen LogP contribution in [-0.4, -0.2) is 40.3 Å². The van der Waals surface area contributed by atoms with Gasteiger partial charge in [0.1, 0.15) is 6.10 Å². The molecule has 110 valence electrons. The molecule has 1 aliphatic rings. The number of likely N-dealkylation sites (tertiary alicyclic amines) is 1. The zero-order chi connectivity index (χ0) is 14.7. The summed E-state index contributed by atoms with van der Waals surface area (Å²) in [6, 6.07) is 7.37. The van der Waals surface area contributed by atoms with Crippen LogP contribution in [0, 0.1) is 6.92 Å². The third-order valence-electron chi connectivity index (χ3n) is 3.24. The number of carbonyl (C=O) groups is 1. The topological polar surface area (TPSA) is 67.3 Å². The first-order valence-corrected chi connectivity index (χ1v) is 7.65. The number of nitrogens with zero attached hydrogens (tertiary/aromatic N) is 3. The largest absolute Gasteiger partial charge is 0.471 e. The van der Waals surface area contributed by atoms with Crippen LogP contribution in [-0.2, 0) is 0 Å². The highest BCUT2D eigenvalue weighted by atomic mass is 32.1. The SMILES string of the molecule is Cc1ccc(OC2CCN(C(=O)Nc3cccs3)C2)nn1. The first-order valence-electron chi connectivity index (χ1n) is 6.77. The first-order chi connectivity index (χ1) is 10.2. The highest BCUT2D eigenvalue weighted by Crippen LogP contribution is 2.19. The molecule has 2 amide bonds. The Balaban J connectivity index is 1.53. The van der Waals surface area contributed by atoms with E-state index in [2.05, 4.69) is 15.5 Å². The maximum Gasteiger partial charge on any atom is 0.322 e. The Morgan fingerprint density at radius 2 is 2.33 bits per heavy atom. The van der Waals surface area contributed by atoms with Crippen LogP contribution < -0.4 is 10.1 Å². The average molecular weight is 304 g/mol. The molecule has 0 spiro atoms. The maximum atomic E-state index is 12.1. The van der Waals surface area contributed by atoms with Crippen molar-refractivity contribution >= 4 is 22.4 Å². The normalized spacial score (nSPS) is 17.8. The van der Waals surface area contributed by atoms with Crippen molar-refractivity contribution in [3.05, 3.63) is 35.3 Å². The molecule has 21 heavy (non-hydrogen) atoms. The number of urea groups is 1. The third-order valence-corrected chi connectivity index (χ3v) is 4.03. The third kappa shape index (κ3) is 3.49. The minimum absolute atomic E-state index is 0.0314. The first kappa shape index (κ1) is 13.8. The summed E-state index contributed by atoms with van der Waals surface area (Å²) in [4.78, 5) is 13.8. The summed E-state index contributed by atoms with van der Waals surface area (Å²) in [5, 5.41) is 13.6. The van der Waals surface area contributed by atoms with Crippen LogP contribution in [0.25, 0.3) is 0 Å². The average Bonchev–Trinajstić information content (AvgIpc) is 3.13. The van der Waals surface area contributed by atoms with Gasteiger partial charge in [0.2, 0.25) is 5.88 Å². The molecule has 0 radical (unpaired) electrons. The molecule has 3 heterocycles. The van der Waals surface area contributed by atoms with Gasteiger partial charge in [0.25, 0.3) is 0 Å². The molecule has 2 aromatic rings. The van der Waals surface area contributed by atoms with E-state index in [1.807, 2.05) is 30.5 Å². The molecule has 1 fully saturated rings. The number of anilines is 1. The number of thiophene rings is 1. The van der Waals surface area contributed by atoms with Gasteiger partial charge in [-0.05, 0) is 30.5 Å². The monoisotopic (exact) mass is 304 g/mol. The van der Waals surface area contributed by atoms with Gasteiger partial charge in [-0.1, -0.05) is 0 Å². The van der Waals surface area contributed by atoms with Gasteiger partial charge in [0.05, 0.1) is 17.2 Å². The number of carbonyl (C=O) groups excluding carboxylic acids is 1. The fourth-order valence-corrected chi connectivity index (χ4v) is 2.77.